The maximum atomic E-state index is 11.8. The predicted octanol–water partition coefficient (Wildman–Crippen LogP) is -0.419. The molecule has 0 aromatic rings. The molecule has 0 aliphatic carbocycles. The van der Waals surface area contributed by atoms with Crippen molar-refractivity contribution in [1.82, 2.24) is 15.5 Å². The molecule has 92 valence electrons. The van der Waals surface area contributed by atoms with Crippen LogP contribution in [-0.4, -0.2) is 49.9 Å². The van der Waals surface area contributed by atoms with Gasteiger partial charge in [-0.15, -0.1) is 0 Å². The van der Waals surface area contributed by atoms with Gasteiger partial charge in [-0.05, 0) is 32.4 Å². The van der Waals surface area contributed by atoms with E-state index in [2.05, 4.69) is 10.6 Å². The zero-order valence-electron chi connectivity index (χ0n) is 10.1. The highest BCUT2D eigenvalue weighted by Crippen LogP contribution is 2.13. The maximum Gasteiger partial charge on any atom is 0.239 e. The minimum atomic E-state index is -0.0945. The molecule has 2 amide bonds. The Bertz CT molecular complexity index is 250. The Morgan fingerprint density at radius 3 is 2.81 bits per heavy atom. The molecular weight excluding hydrogens is 206 g/mol. The fourth-order valence-corrected chi connectivity index (χ4v) is 1.85. The number of amides is 2. The average molecular weight is 227 g/mol. The second kappa shape index (κ2) is 6.48. The lowest BCUT2D eigenvalue weighted by molar-refractivity contribution is -0.135. The summed E-state index contributed by atoms with van der Waals surface area (Å²) in [6.07, 6.45) is 1.60. The molecule has 1 aliphatic heterocycles. The Balaban J connectivity index is 2.26. The Morgan fingerprint density at radius 2 is 2.25 bits per heavy atom. The fourth-order valence-electron chi connectivity index (χ4n) is 1.85. The summed E-state index contributed by atoms with van der Waals surface area (Å²) in [5, 5.41) is 5.91. The third-order valence-electron chi connectivity index (χ3n) is 2.81. The molecule has 0 saturated carbocycles. The smallest absolute Gasteiger partial charge is 0.239 e. The number of likely N-dealkylation sites (N-methyl/N-ethyl adjacent to an activating group) is 2. The van der Waals surface area contributed by atoms with Gasteiger partial charge >= 0.3 is 0 Å². The normalized spacial score (nSPS) is 19.5. The van der Waals surface area contributed by atoms with Crippen molar-refractivity contribution in [1.29, 1.82) is 0 Å². The number of carbonyl (C=O) groups excluding carboxylic acids is 2. The minimum absolute atomic E-state index is 0.0555. The molecule has 16 heavy (non-hydrogen) atoms. The molecule has 1 rings (SSSR count). The van der Waals surface area contributed by atoms with Crippen molar-refractivity contribution in [3.05, 3.63) is 0 Å². The van der Waals surface area contributed by atoms with Gasteiger partial charge in [0.25, 0.3) is 0 Å². The van der Waals surface area contributed by atoms with Crippen LogP contribution in [-0.2, 0) is 9.59 Å². The summed E-state index contributed by atoms with van der Waals surface area (Å²) in [5.74, 6) is 0.395. The van der Waals surface area contributed by atoms with Crippen molar-refractivity contribution in [2.75, 3.05) is 33.2 Å². The van der Waals surface area contributed by atoms with Gasteiger partial charge in [0.15, 0.2) is 0 Å². The molecule has 2 N–H and O–H groups in total. The van der Waals surface area contributed by atoms with E-state index in [1.165, 1.54) is 4.90 Å². The van der Waals surface area contributed by atoms with E-state index in [4.69, 9.17) is 0 Å². The molecule has 1 saturated heterocycles. The van der Waals surface area contributed by atoms with Crippen molar-refractivity contribution in [3.63, 3.8) is 0 Å². The topological polar surface area (TPSA) is 61.4 Å². The van der Waals surface area contributed by atoms with Crippen LogP contribution in [0.15, 0.2) is 0 Å². The lowest BCUT2D eigenvalue weighted by atomic mass is 10.0. The highest BCUT2D eigenvalue weighted by molar-refractivity contribution is 5.84. The summed E-state index contributed by atoms with van der Waals surface area (Å²) in [6.45, 7) is 4.54. The SMILES string of the molecule is CCNC(=O)CN(C)C(=O)CC1CCNC1. The van der Waals surface area contributed by atoms with Crippen LogP contribution in [0.2, 0.25) is 0 Å². The summed E-state index contributed by atoms with van der Waals surface area (Å²) < 4.78 is 0. The molecule has 0 spiro atoms. The summed E-state index contributed by atoms with van der Waals surface area (Å²) in [6, 6.07) is 0. The highest BCUT2D eigenvalue weighted by atomic mass is 16.2. The van der Waals surface area contributed by atoms with Crippen LogP contribution in [0.5, 0.6) is 0 Å². The summed E-state index contributed by atoms with van der Waals surface area (Å²) in [4.78, 5) is 24.5. The molecule has 0 aromatic carbocycles. The molecule has 1 fully saturated rings. The highest BCUT2D eigenvalue weighted by Gasteiger charge is 2.20. The third-order valence-corrected chi connectivity index (χ3v) is 2.81. The Morgan fingerprint density at radius 1 is 1.50 bits per heavy atom. The molecule has 1 heterocycles. The van der Waals surface area contributed by atoms with E-state index in [0.29, 0.717) is 18.9 Å². The number of nitrogens with one attached hydrogen (secondary N) is 2. The van der Waals surface area contributed by atoms with E-state index in [0.717, 1.165) is 19.5 Å². The molecule has 5 heteroatoms. The van der Waals surface area contributed by atoms with Crippen molar-refractivity contribution >= 4 is 11.8 Å². The van der Waals surface area contributed by atoms with Gasteiger partial charge in [-0.2, -0.15) is 0 Å². The molecule has 0 aromatic heterocycles. The van der Waals surface area contributed by atoms with E-state index >= 15 is 0 Å². The lowest BCUT2D eigenvalue weighted by Gasteiger charge is -2.18. The lowest BCUT2D eigenvalue weighted by Crippen LogP contribution is -2.38. The van der Waals surface area contributed by atoms with Crippen LogP contribution in [0.3, 0.4) is 0 Å². The summed E-state index contributed by atoms with van der Waals surface area (Å²) in [5.41, 5.74) is 0. The van der Waals surface area contributed by atoms with Crippen molar-refractivity contribution in [3.8, 4) is 0 Å². The van der Waals surface area contributed by atoms with Gasteiger partial charge in [0.2, 0.25) is 11.8 Å². The van der Waals surface area contributed by atoms with Gasteiger partial charge in [-0.3, -0.25) is 9.59 Å². The minimum Gasteiger partial charge on any atom is -0.355 e. The number of nitrogens with zero attached hydrogens (tertiary/aromatic N) is 1. The van der Waals surface area contributed by atoms with Crippen LogP contribution in [0.1, 0.15) is 19.8 Å². The largest absolute Gasteiger partial charge is 0.355 e. The average Bonchev–Trinajstić information content (AvgIpc) is 2.70. The molecular formula is C11H21N3O2. The van der Waals surface area contributed by atoms with E-state index in [1.807, 2.05) is 6.92 Å². The molecule has 1 aliphatic rings. The first kappa shape index (κ1) is 13.0. The first-order valence-corrected chi connectivity index (χ1v) is 5.84. The van der Waals surface area contributed by atoms with Crippen LogP contribution in [0.4, 0.5) is 0 Å². The standard InChI is InChI=1S/C11H21N3O2/c1-3-13-10(15)8-14(2)11(16)6-9-4-5-12-7-9/h9,12H,3-8H2,1-2H3,(H,13,15). The van der Waals surface area contributed by atoms with E-state index in [9.17, 15) is 9.59 Å². The fraction of sp³-hybridized carbons (Fsp3) is 0.818. The maximum absolute atomic E-state index is 11.8. The summed E-state index contributed by atoms with van der Waals surface area (Å²) in [7, 11) is 1.68. The van der Waals surface area contributed by atoms with Crippen LogP contribution in [0.25, 0.3) is 0 Å². The van der Waals surface area contributed by atoms with Gasteiger partial charge in [0, 0.05) is 20.0 Å². The molecule has 0 radical (unpaired) electrons. The molecule has 1 unspecified atom stereocenters. The Hall–Kier alpha value is -1.10. The summed E-state index contributed by atoms with van der Waals surface area (Å²) >= 11 is 0. The third kappa shape index (κ3) is 4.18. The van der Waals surface area contributed by atoms with Gasteiger partial charge < -0.3 is 15.5 Å². The second-order valence-corrected chi connectivity index (χ2v) is 4.27. The van der Waals surface area contributed by atoms with Crippen molar-refractivity contribution < 1.29 is 9.59 Å². The van der Waals surface area contributed by atoms with Gasteiger partial charge in [-0.1, -0.05) is 0 Å². The zero-order chi connectivity index (χ0) is 12.0. The quantitative estimate of drug-likeness (QED) is 0.670. The number of rotatable bonds is 5. The van der Waals surface area contributed by atoms with E-state index < -0.39 is 0 Å². The van der Waals surface area contributed by atoms with E-state index in [1.54, 1.807) is 7.05 Å². The van der Waals surface area contributed by atoms with Crippen LogP contribution >= 0.6 is 0 Å². The van der Waals surface area contributed by atoms with Gasteiger partial charge in [-0.25, -0.2) is 0 Å². The monoisotopic (exact) mass is 227 g/mol. The van der Waals surface area contributed by atoms with Crippen LogP contribution in [0, 0.1) is 5.92 Å². The van der Waals surface area contributed by atoms with Crippen LogP contribution < -0.4 is 10.6 Å². The first-order valence-electron chi connectivity index (χ1n) is 5.84. The molecule has 1 atom stereocenters. The van der Waals surface area contributed by atoms with Crippen molar-refractivity contribution in [2.45, 2.75) is 19.8 Å². The molecule has 5 nitrogen and oxygen atoms in total. The van der Waals surface area contributed by atoms with Gasteiger partial charge in [0.1, 0.15) is 0 Å². The number of hydrogen-bond acceptors (Lipinski definition) is 3. The number of carbonyl (C=O) groups is 2. The van der Waals surface area contributed by atoms with Gasteiger partial charge in [0.05, 0.1) is 6.54 Å². The Labute approximate surface area is 96.6 Å². The Kier molecular flexibility index (Phi) is 5.25. The molecule has 0 bridgehead atoms. The van der Waals surface area contributed by atoms with E-state index in [-0.39, 0.29) is 18.4 Å². The first-order chi connectivity index (χ1) is 7.63. The zero-order valence-corrected chi connectivity index (χ0v) is 10.1. The second-order valence-electron chi connectivity index (χ2n) is 4.27. The van der Waals surface area contributed by atoms with Crippen molar-refractivity contribution in [2.24, 2.45) is 5.92 Å². The predicted molar refractivity (Wildman–Crippen MR) is 61.9 cm³/mol. The number of hydrogen-bond donors (Lipinski definition) is 2.